The van der Waals surface area contributed by atoms with Gasteiger partial charge >= 0.3 is 6.03 Å². The van der Waals surface area contributed by atoms with E-state index in [1.807, 2.05) is 50.1 Å². The molecule has 2 N–H and O–H groups in total. The van der Waals surface area contributed by atoms with Gasteiger partial charge in [-0.15, -0.1) is 0 Å². The van der Waals surface area contributed by atoms with E-state index in [-0.39, 0.29) is 11.9 Å². The second-order valence-electron chi connectivity index (χ2n) is 7.37. The van der Waals surface area contributed by atoms with Gasteiger partial charge in [0, 0.05) is 37.3 Å². The molecule has 0 radical (unpaired) electrons. The number of anilines is 2. The molecule has 2 aromatic carbocycles. The van der Waals surface area contributed by atoms with Crippen molar-refractivity contribution in [2.75, 3.05) is 30.9 Å². The molecule has 164 valence electrons. The van der Waals surface area contributed by atoms with Crippen LogP contribution in [0.5, 0.6) is 5.75 Å². The molecule has 0 aliphatic carbocycles. The number of methoxy groups -OCH3 is 1. The minimum Gasteiger partial charge on any atom is -0.497 e. The average molecular weight is 426 g/mol. The number of carbonyl (C=O) groups is 1. The van der Waals surface area contributed by atoms with Crippen LogP contribution in [0.15, 0.2) is 53.1 Å². The van der Waals surface area contributed by atoms with Gasteiger partial charge in [-0.3, -0.25) is 0 Å². The maximum Gasteiger partial charge on any atom is 0.319 e. The fourth-order valence-electron chi connectivity index (χ4n) is 2.92. The molecule has 0 aliphatic rings. The molecule has 0 saturated carbocycles. The Morgan fingerprint density at radius 3 is 2.61 bits per heavy atom. The van der Waals surface area contributed by atoms with E-state index in [4.69, 9.17) is 9.15 Å². The molecule has 1 aromatic heterocycles. The number of oxazole rings is 1. The third-order valence-electron chi connectivity index (χ3n) is 4.92. The molecule has 0 fully saturated rings. The lowest BCUT2D eigenvalue weighted by atomic mass is 10.2. The highest BCUT2D eigenvalue weighted by Crippen LogP contribution is 2.24. The zero-order valence-electron chi connectivity index (χ0n) is 18.1. The quantitative estimate of drug-likeness (QED) is 0.546. The van der Waals surface area contributed by atoms with Crippen LogP contribution in [0, 0.1) is 5.82 Å². The molecule has 3 aromatic rings. The van der Waals surface area contributed by atoms with Gasteiger partial charge in [-0.1, -0.05) is 0 Å². The van der Waals surface area contributed by atoms with E-state index < -0.39 is 6.03 Å². The summed E-state index contributed by atoms with van der Waals surface area (Å²) in [5, 5.41) is 5.38. The number of hydrogen-bond acceptors (Lipinski definition) is 5. The molecule has 0 spiro atoms. The molecule has 2 amide bonds. The number of ether oxygens (including phenoxy) is 1. The number of urea groups is 1. The third-order valence-corrected chi connectivity index (χ3v) is 4.92. The molecular weight excluding hydrogens is 399 g/mol. The number of carbonyl (C=O) groups excluding carboxylic acids is 1. The second kappa shape index (κ2) is 9.97. The molecule has 0 atom stereocenters. The zero-order chi connectivity index (χ0) is 22.4. The van der Waals surface area contributed by atoms with Crippen molar-refractivity contribution in [3.63, 3.8) is 0 Å². The first kappa shape index (κ1) is 22.1. The highest BCUT2D eigenvalue weighted by molar-refractivity contribution is 5.89. The number of rotatable bonds is 8. The summed E-state index contributed by atoms with van der Waals surface area (Å²) in [7, 11) is 3.44. The van der Waals surface area contributed by atoms with Crippen molar-refractivity contribution in [3.05, 3.63) is 60.2 Å². The summed E-state index contributed by atoms with van der Waals surface area (Å²) < 4.78 is 25.0. The standard InChI is InChI=1S/C23H27FN4O3/c1-15(2)28(3)21-10-7-17(13-20(21)24)27-23(29)25-12-11-18-14-31-22(26-18)16-5-8-19(30-4)9-6-16/h5-10,13-15H,11-12H2,1-4H3,(H2,25,27,29). The minimum atomic E-state index is -0.414. The van der Waals surface area contributed by atoms with Crippen LogP contribution < -0.4 is 20.3 Å². The lowest BCUT2D eigenvalue weighted by Gasteiger charge is -2.24. The van der Waals surface area contributed by atoms with Gasteiger partial charge in [0.15, 0.2) is 0 Å². The van der Waals surface area contributed by atoms with E-state index in [1.54, 1.807) is 25.5 Å². The van der Waals surface area contributed by atoms with E-state index in [1.165, 1.54) is 6.07 Å². The second-order valence-corrected chi connectivity index (χ2v) is 7.37. The SMILES string of the molecule is COc1ccc(-c2nc(CCNC(=O)Nc3ccc(N(C)C(C)C)c(F)c3)co2)cc1. The molecule has 0 aliphatic heterocycles. The first-order chi connectivity index (χ1) is 14.9. The summed E-state index contributed by atoms with van der Waals surface area (Å²) in [5.41, 5.74) is 2.43. The highest BCUT2D eigenvalue weighted by atomic mass is 19.1. The van der Waals surface area contributed by atoms with E-state index >= 15 is 0 Å². The van der Waals surface area contributed by atoms with Gasteiger partial charge < -0.3 is 24.7 Å². The van der Waals surface area contributed by atoms with Crippen LogP contribution >= 0.6 is 0 Å². The molecule has 3 rings (SSSR count). The number of nitrogens with zero attached hydrogens (tertiary/aromatic N) is 2. The van der Waals surface area contributed by atoms with Gasteiger partial charge in [-0.2, -0.15) is 0 Å². The van der Waals surface area contributed by atoms with Crippen LogP contribution in [0.2, 0.25) is 0 Å². The number of aromatic nitrogens is 1. The van der Waals surface area contributed by atoms with Crippen molar-refractivity contribution in [2.24, 2.45) is 0 Å². The van der Waals surface area contributed by atoms with Crippen molar-refractivity contribution in [2.45, 2.75) is 26.3 Å². The zero-order valence-corrected chi connectivity index (χ0v) is 18.1. The maximum absolute atomic E-state index is 14.3. The Balaban J connectivity index is 1.49. The lowest BCUT2D eigenvalue weighted by Crippen LogP contribution is -2.30. The molecule has 0 bridgehead atoms. The maximum atomic E-state index is 14.3. The summed E-state index contributed by atoms with van der Waals surface area (Å²) >= 11 is 0. The van der Waals surface area contributed by atoms with Crippen molar-refractivity contribution < 1.29 is 18.3 Å². The molecule has 31 heavy (non-hydrogen) atoms. The van der Waals surface area contributed by atoms with Crippen molar-refractivity contribution >= 4 is 17.4 Å². The minimum absolute atomic E-state index is 0.165. The molecule has 0 unspecified atom stereocenters. The molecular formula is C23H27FN4O3. The smallest absolute Gasteiger partial charge is 0.319 e. The van der Waals surface area contributed by atoms with Crippen molar-refractivity contribution in [3.8, 4) is 17.2 Å². The Morgan fingerprint density at radius 1 is 1.23 bits per heavy atom. The molecule has 0 saturated heterocycles. The Labute approximate surface area is 181 Å². The third kappa shape index (κ3) is 5.75. The fourth-order valence-corrected chi connectivity index (χ4v) is 2.92. The number of benzene rings is 2. The van der Waals surface area contributed by atoms with Crippen molar-refractivity contribution in [1.29, 1.82) is 0 Å². The summed E-state index contributed by atoms with van der Waals surface area (Å²) in [5.74, 6) is 0.874. The van der Waals surface area contributed by atoms with Crippen molar-refractivity contribution in [1.82, 2.24) is 10.3 Å². The normalized spacial score (nSPS) is 10.8. The van der Waals surface area contributed by atoms with Crippen LogP contribution in [0.25, 0.3) is 11.5 Å². The first-order valence-corrected chi connectivity index (χ1v) is 10.0. The largest absolute Gasteiger partial charge is 0.497 e. The number of halogens is 1. The molecule has 8 heteroatoms. The highest BCUT2D eigenvalue weighted by Gasteiger charge is 2.12. The summed E-state index contributed by atoms with van der Waals surface area (Å²) in [6.07, 6.45) is 2.07. The number of amides is 2. The van der Waals surface area contributed by atoms with E-state index in [0.29, 0.717) is 30.2 Å². The lowest BCUT2D eigenvalue weighted by molar-refractivity contribution is 0.252. The Bertz CT molecular complexity index is 1020. The van der Waals surface area contributed by atoms with Gasteiger partial charge in [-0.05, 0) is 56.3 Å². The van der Waals surface area contributed by atoms with Crippen LogP contribution in [-0.2, 0) is 6.42 Å². The van der Waals surface area contributed by atoms with Gasteiger partial charge in [-0.25, -0.2) is 14.2 Å². The summed E-state index contributed by atoms with van der Waals surface area (Å²) in [6, 6.07) is 11.8. The Morgan fingerprint density at radius 2 is 1.97 bits per heavy atom. The average Bonchev–Trinajstić information content (AvgIpc) is 3.22. The molecule has 1 heterocycles. The fraction of sp³-hybridized carbons (Fsp3) is 0.304. The number of nitrogens with one attached hydrogen (secondary N) is 2. The summed E-state index contributed by atoms with van der Waals surface area (Å²) in [6.45, 7) is 4.32. The van der Waals surface area contributed by atoms with Crippen LogP contribution in [0.3, 0.4) is 0 Å². The van der Waals surface area contributed by atoms with Crippen LogP contribution in [-0.4, -0.2) is 37.8 Å². The van der Waals surface area contributed by atoms with Crippen LogP contribution in [0.4, 0.5) is 20.6 Å². The van der Waals surface area contributed by atoms with Gasteiger partial charge in [0.25, 0.3) is 0 Å². The predicted octanol–water partition coefficient (Wildman–Crippen LogP) is 4.70. The van der Waals surface area contributed by atoms with Crippen LogP contribution in [0.1, 0.15) is 19.5 Å². The summed E-state index contributed by atoms with van der Waals surface area (Å²) in [4.78, 5) is 18.4. The number of hydrogen-bond donors (Lipinski definition) is 2. The van der Waals surface area contributed by atoms with Gasteiger partial charge in [0.1, 0.15) is 17.8 Å². The van der Waals surface area contributed by atoms with Gasteiger partial charge in [0.2, 0.25) is 5.89 Å². The predicted molar refractivity (Wildman–Crippen MR) is 119 cm³/mol. The first-order valence-electron chi connectivity index (χ1n) is 10.0. The van der Waals surface area contributed by atoms with E-state index in [2.05, 4.69) is 15.6 Å². The van der Waals surface area contributed by atoms with Gasteiger partial charge in [0.05, 0.1) is 18.5 Å². The molecule has 7 nitrogen and oxygen atoms in total. The van der Waals surface area contributed by atoms with E-state index in [0.717, 1.165) is 17.0 Å². The Hall–Kier alpha value is -3.55. The monoisotopic (exact) mass is 426 g/mol. The van der Waals surface area contributed by atoms with E-state index in [9.17, 15) is 9.18 Å². The topological polar surface area (TPSA) is 79.6 Å². The Kier molecular flexibility index (Phi) is 7.12.